The highest BCUT2D eigenvalue weighted by molar-refractivity contribution is 7.89. The number of nitrogens with two attached hydrogens (primary N) is 1. The van der Waals surface area contributed by atoms with Gasteiger partial charge in [-0.3, -0.25) is 9.69 Å². The second-order valence-electron chi connectivity index (χ2n) is 5.77. The van der Waals surface area contributed by atoms with Crippen LogP contribution in [-0.2, 0) is 19.6 Å². The van der Waals surface area contributed by atoms with Crippen molar-refractivity contribution in [2.45, 2.75) is 30.3 Å². The number of carbonyl (C=O) groups is 1. The number of sulfonamides is 1. The number of benzene rings is 1. The Labute approximate surface area is 136 Å². The lowest BCUT2D eigenvalue weighted by atomic mass is 10.1. The van der Waals surface area contributed by atoms with Crippen LogP contribution in [0.1, 0.15) is 19.3 Å². The van der Waals surface area contributed by atoms with Crippen molar-refractivity contribution in [2.24, 2.45) is 5.14 Å². The van der Waals surface area contributed by atoms with Crippen molar-refractivity contribution in [1.82, 2.24) is 4.90 Å². The summed E-state index contributed by atoms with van der Waals surface area (Å²) in [6.07, 6.45) is 3.38. The number of rotatable bonds is 6. The molecule has 1 aromatic carbocycles. The van der Waals surface area contributed by atoms with Crippen LogP contribution in [0.25, 0.3) is 0 Å². The highest BCUT2D eigenvalue weighted by Gasteiger charge is 2.19. The zero-order valence-electron chi connectivity index (χ0n) is 13.2. The zero-order chi connectivity index (χ0) is 16.9. The fraction of sp³-hybridized carbons (Fsp3) is 0.533. The van der Waals surface area contributed by atoms with E-state index in [0.29, 0.717) is 6.54 Å². The van der Waals surface area contributed by atoms with Gasteiger partial charge in [-0.2, -0.15) is 0 Å². The third kappa shape index (κ3) is 5.58. The summed E-state index contributed by atoms with van der Waals surface area (Å²) in [5, 5.41) is 7.76. The molecule has 1 atom stereocenters. The number of carbonyl (C=O) groups excluding carboxylic acids is 1. The predicted octanol–water partition coefficient (Wildman–Crippen LogP) is 0.773. The first-order chi connectivity index (χ1) is 10.9. The van der Waals surface area contributed by atoms with Crippen LogP contribution in [0.2, 0.25) is 0 Å². The van der Waals surface area contributed by atoms with Crippen LogP contribution >= 0.6 is 0 Å². The van der Waals surface area contributed by atoms with Gasteiger partial charge in [-0.1, -0.05) is 12.1 Å². The average molecular weight is 341 g/mol. The highest BCUT2D eigenvalue weighted by Crippen LogP contribution is 2.19. The summed E-state index contributed by atoms with van der Waals surface area (Å²) in [5.74, 6) is -0.292. The van der Waals surface area contributed by atoms with Gasteiger partial charge in [0, 0.05) is 13.2 Å². The monoisotopic (exact) mass is 341 g/mol. The molecule has 1 aliphatic rings. The van der Waals surface area contributed by atoms with Gasteiger partial charge in [-0.15, -0.1) is 0 Å². The summed E-state index contributed by atoms with van der Waals surface area (Å²) in [6, 6.07) is 6.08. The molecule has 8 heteroatoms. The second-order valence-corrected chi connectivity index (χ2v) is 7.30. The Morgan fingerprint density at radius 2 is 2.13 bits per heavy atom. The Morgan fingerprint density at radius 3 is 2.78 bits per heavy atom. The van der Waals surface area contributed by atoms with Crippen LogP contribution in [0.5, 0.6) is 0 Å². The van der Waals surface area contributed by atoms with Crippen molar-refractivity contribution in [3.8, 4) is 0 Å². The van der Waals surface area contributed by atoms with Gasteiger partial charge < -0.3 is 10.1 Å². The third-order valence-electron chi connectivity index (χ3n) is 3.67. The number of nitrogens with zero attached hydrogens (tertiary/aromatic N) is 1. The maximum atomic E-state index is 12.1. The van der Waals surface area contributed by atoms with E-state index >= 15 is 0 Å². The smallest absolute Gasteiger partial charge is 0.240 e. The van der Waals surface area contributed by atoms with E-state index in [1.807, 2.05) is 11.9 Å². The fourth-order valence-electron chi connectivity index (χ4n) is 2.62. The molecule has 0 spiro atoms. The van der Waals surface area contributed by atoms with Crippen molar-refractivity contribution in [1.29, 1.82) is 0 Å². The first-order valence-corrected chi connectivity index (χ1v) is 9.13. The van der Waals surface area contributed by atoms with Crippen molar-refractivity contribution < 1.29 is 17.9 Å². The Balaban J connectivity index is 1.92. The maximum Gasteiger partial charge on any atom is 0.240 e. The van der Waals surface area contributed by atoms with Gasteiger partial charge in [0.15, 0.2) is 0 Å². The number of primary sulfonamides is 1. The number of ether oxygens (including phenoxy) is 1. The topological polar surface area (TPSA) is 102 Å². The summed E-state index contributed by atoms with van der Waals surface area (Å²) in [5.41, 5.74) is 0.197. The first kappa shape index (κ1) is 17.9. The summed E-state index contributed by atoms with van der Waals surface area (Å²) in [4.78, 5) is 13.9. The van der Waals surface area contributed by atoms with Crippen LogP contribution in [-0.4, -0.2) is 52.1 Å². The van der Waals surface area contributed by atoms with E-state index in [9.17, 15) is 13.2 Å². The number of anilines is 1. The molecule has 0 bridgehead atoms. The first-order valence-electron chi connectivity index (χ1n) is 7.58. The van der Waals surface area contributed by atoms with Crippen molar-refractivity contribution in [3.63, 3.8) is 0 Å². The molecule has 1 saturated heterocycles. The van der Waals surface area contributed by atoms with E-state index in [0.717, 1.165) is 25.9 Å². The molecule has 128 valence electrons. The van der Waals surface area contributed by atoms with Gasteiger partial charge >= 0.3 is 0 Å². The van der Waals surface area contributed by atoms with E-state index in [1.54, 1.807) is 12.1 Å². The van der Waals surface area contributed by atoms with Crippen LogP contribution in [0.15, 0.2) is 29.2 Å². The molecular formula is C15H23N3O4S. The minimum absolute atomic E-state index is 0.0911. The molecule has 2 rings (SSSR count). The predicted molar refractivity (Wildman–Crippen MR) is 87.5 cm³/mol. The molecule has 23 heavy (non-hydrogen) atoms. The minimum Gasteiger partial charge on any atom is -0.377 e. The summed E-state index contributed by atoms with van der Waals surface area (Å²) in [6.45, 7) is 1.59. The molecule has 1 fully saturated rings. The Hall–Kier alpha value is -1.48. The standard InChI is InChI=1S/C15H23N3O4S/c1-18(10-12-6-4-5-9-22-12)11-15(19)17-13-7-2-3-8-14(13)23(16,20)21/h2-3,7-8,12H,4-6,9-11H2,1H3,(H,17,19)(H2,16,20,21)/t12-/m0/s1. The van der Waals surface area contributed by atoms with Gasteiger partial charge in [-0.05, 0) is 38.4 Å². The lowest BCUT2D eigenvalue weighted by molar-refractivity contribution is -0.117. The molecule has 3 N–H and O–H groups in total. The quantitative estimate of drug-likeness (QED) is 0.796. The van der Waals surface area contributed by atoms with Gasteiger partial charge in [0.1, 0.15) is 4.90 Å². The third-order valence-corrected chi connectivity index (χ3v) is 4.64. The zero-order valence-corrected chi connectivity index (χ0v) is 14.0. The van der Waals surface area contributed by atoms with Crippen LogP contribution in [0.4, 0.5) is 5.69 Å². The lowest BCUT2D eigenvalue weighted by Crippen LogP contribution is -2.38. The molecule has 1 heterocycles. The molecular weight excluding hydrogens is 318 g/mol. The number of amides is 1. The van der Waals surface area contributed by atoms with Gasteiger partial charge in [-0.25, -0.2) is 13.6 Å². The highest BCUT2D eigenvalue weighted by atomic mass is 32.2. The van der Waals surface area contributed by atoms with Crippen LogP contribution in [0.3, 0.4) is 0 Å². The minimum atomic E-state index is -3.88. The molecule has 0 unspecified atom stereocenters. The SMILES string of the molecule is CN(CC(=O)Nc1ccccc1S(N)(=O)=O)C[C@@H]1CCCCO1. The molecule has 0 radical (unpaired) electrons. The van der Waals surface area contributed by atoms with Gasteiger partial charge in [0.05, 0.1) is 18.3 Å². The van der Waals surface area contributed by atoms with Crippen molar-refractivity contribution in [2.75, 3.05) is 32.1 Å². The molecule has 1 aromatic rings. The Kier molecular flexibility index (Phi) is 6.11. The molecule has 0 aliphatic carbocycles. The molecule has 0 aromatic heterocycles. The number of nitrogens with one attached hydrogen (secondary N) is 1. The molecule has 7 nitrogen and oxygen atoms in total. The van der Waals surface area contributed by atoms with Crippen molar-refractivity contribution in [3.05, 3.63) is 24.3 Å². The Bertz CT molecular complexity index is 642. The number of hydrogen-bond donors (Lipinski definition) is 2. The lowest BCUT2D eigenvalue weighted by Gasteiger charge is -2.27. The van der Waals surface area contributed by atoms with E-state index in [-0.39, 0.29) is 29.1 Å². The largest absolute Gasteiger partial charge is 0.377 e. The number of hydrogen-bond acceptors (Lipinski definition) is 5. The van der Waals surface area contributed by atoms with Crippen LogP contribution in [0, 0.1) is 0 Å². The van der Waals surface area contributed by atoms with Gasteiger partial charge in [0.25, 0.3) is 0 Å². The second kappa shape index (κ2) is 7.87. The van der Waals surface area contributed by atoms with Crippen LogP contribution < -0.4 is 10.5 Å². The number of likely N-dealkylation sites (N-methyl/N-ethyl adjacent to an activating group) is 1. The maximum absolute atomic E-state index is 12.1. The van der Waals surface area contributed by atoms with E-state index in [2.05, 4.69) is 5.32 Å². The fourth-order valence-corrected chi connectivity index (χ4v) is 3.31. The number of para-hydroxylation sites is 1. The van der Waals surface area contributed by atoms with E-state index in [1.165, 1.54) is 12.1 Å². The van der Waals surface area contributed by atoms with Gasteiger partial charge in [0.2, 0.25) is 15.9 Å². The molecule has 1 aliphatic heterocycles. The molecule has 0 saturated carbocycles. The van der Waals surface area contributed by atoms with E-state index in [4.69, 9.17) is 9.88 Å². The summed E-state index contributed by atoms with van der Waals surface area (Å²) >= 11 is 0. The Morgan fingerprint density at radius 1 is 1.39 bits per heavy atom. The molecule has 1 amide bonds. The summed E-state index contributed by atoms with van der Waals surface area (Å²) in [7, 11) is -2.04. The average Bonchev–Trinajstić information content (AvgIpc) is 2.47. The van der Waals surface area contributed by atoms with E-state index < -0.39 is 10.0 Å². The normalized spacial score (nSPS) is 18.8. The summed E-state index contributed by atoms with van der Waals surface area (Å²) < 4.78 is 28.7. The van der Waals surface area contributed by atoms with Crippen molar-refractivity contribution >= 4 is 21.6 Å².